The van der Waals surface area contributed by atoms with Crippen molar-refractivity contribution < 1.29 is 34.6 Å². The fraction of sp³-hybridized carbons (Fsp3) is 0. The third-order valence-electron chi connectivity index (χ3n) is 3.18. The Kier molecular flexibility index (Phi) is 11.1. The third-order valence-corrected chi connectivity index (χ3v) is 3.18. The summed E-state index contributed by atoms with van der Waals surface area (Å²) in [5.74, 6) is 0. The quantitative estimate of drug-likeness (QED) is 0.247. The molecule has 0 aliphatic carbocycles. The van der Waals surface area contributed by atoms with Crippen LogP contribution in [0.3, 0.4) is 0 Å². The van der Waals surface area contributed by atoms with Crippen molar-refractivity contribution in [2.75, 3.05) is 0 Å². The van der Waals surface area contributed by atoms with Gasteiger partial charge in [-0.1, -0.05) is 24.3 Å². The van der Waals surface area contributed by atoms with E-state index in [4.69, 9.17) is 17.5 Å². The second-order valence-electron chi connectivity index (χ2n) is 5.27. The van der Waals surface area contributed by atoms with Crippen LogP contribution >= 0.6 is 0 Å². The van der Waals surface area contributed by atoms with Gasteiger partial charge in [0.05, 0.1) is 22.8 Å². The summed E-state index contributed by atoms with van der Waals surface area (Å²) < 4.78 is 34.1. The van der Waals surface area contributed by atoms with Crippen molar-refractivity contribution in [1.29, 1.82) is 0 Å². The van der Waals surface area contributed by atoms with Gasteiger partial charge in [-0.3, -0.25) is 28.4 Å². The summed E-state index contributed by atoms with van der Waals surface area (Å²) in [7, 11) is -5.17. The number of hydrogen-bond donors (Lipinski definition) is 0. The predicted molar refractivity (Wildman–Crippen MR) is 105 cm³/mol. The zero-order chi connectivity index (χ0) is 21.0. The first-order chi connectivity index (χ1) is 13.9. The molecule has 4 rings (SSSR count). The minimum absolute atomic E-state index is 0. The van der Waals surface area contributed by atoms with Gasteiger partial charge in [0.2, 0.25) is 0 Å². The molecule has 0 N–H and O–H groups in total. The summed E-state index contributed by atoms with van der Waals surface area (Å²) in [5.41, 5.74) is 3.66. The van der Waals surface area contributed by atoms with Gasteiger partial charge in [0.15, 0.2) is 0 Å². The van der Waals surface area contributed by atoms with E-state index in [2.05, 4.69) is 19.9 Å². The maximum atomic E-state index is 8.52. The van der Waals surface area contributed by atoms with E-state index in [9.17, 15) is 0 Å². The Morgan fingerprint density at radius 3 is 0.833 bits per heavy atom. The van der Waals surface area contributed by atoms with E-state index in [-0.39, 0.29) is 17.1 Å². The fourth-order valence-corrected chi connectivity index (χ4v) is 2.06. The van der Waals surface area contributed by atoms with Crippen LogP contribution in [-0.2, 0) is 27.5 Å². The van der Waals surface area contributed by atoms with Crippen molar-refractivity contribution in [2.45, 2.75) is 0 Å². The SMILES string of the molecule is O=S(=O)([O-])[O-].[Cu+2].c1ccc(-c2ccccn2)nc1.c1ccc(-c2ccccn2)nc1. The Balaban J connectivity index is 0.000000241. The molecular weight excluding hydrogens is 456 g/mol. The van der Waals surface area contributed by atoms with E-state index >= 15 is 0 Å². The van der Waals surface area contributed by atoms with Crippen LogP contribution in [-0.4, -0.2) is 37.5 Å². The molecule has 4 aromatic rings. The van der Waals surface area contributed by atoms with E-state index < -0.39 is 10.4 Å². The molecular formula is C20H16CuN4O4S. The van der Waals surface area contributed by atoms with Gasteiger partial charge < -0.3 is 9.11 Å². The molecule has 0 aromatic carbocycles. The van der Waals surface area contributed by atoms with E-state index in [1.54, 1.807) is 24.8 Å². The maximum Gasteiger partial charge on any atom is 2.00 e. The third kappa shape index (κ3) is 10.5. The van der Waals surface area contributed by atoms with Crippen LogP contribution in [0.1, 0.15) is 0 Å². The van der Waals surface area contributed by atoms with Crippen molar-refractivity contribution >= 4 is 10.4 Å². The Labute approximate surface area is 185 Å². The number of rotatable bonds is 2. The van der Waals surface area contributed by atoms with Crippen molar-refractivity contribution in [3.63, 3.8) is 0 Å². The van der Waals surface area contributed by atoms with Crippen LogP contribution in [0.2, 0.25) is 0 Å². The topological polar surface area (TPSA) is 132 Å². The molecule has 1 radical (unpaired) electrons. The minimum atomic E-state index is -5.17. The summed E-state index contributed by atoms with van der Waals surface area (Å²) in [6.45, 7) is 0. The zero-order valence-electron chi connectivity index (χ0n) is 15.4. The van der Waals surface area contributed by atoms with Crippen molar-refractivity contribution in [3.8, 4) is 22.8 Å². The van der Waals surface area contributed by atoms with Crippen molar-refractivity contribution in [3.05, 3.63) is 97.6 Å². The Bertz CT molecular complexity index is 915. The summed E-state index contributed by atoms with van der Waals surface area (Å²) in [5, 5.41) is 0. The van der Waals surface area contributed by atoms with Crippen LogP contribution in [0.5, 0.6) is 0 Å². The predicted octanol–water partition coefficient (Wildman–Crippen LogP) is 2.95. The van der Waals surface area contributed by atoms with Gasteiger partial charge in [0.25, 0.3) is 0 Å². The second-order valence-corrected chi connectivity index (χ2v) is 6.08. The molecule has 4 heterocycles. The van der Waals surface area contributed by atoms with Gasteiger partial charge >= 0.3 is 17.1 Å². The average Bonchev–Trinajstić information content (AvgIpc) is 2.76. The van der Waals surface area contributed by atoms with Crippen LogP contribution < -0.4 is 0 Å². The molecule has 0 saturated heterocycles. The molecule has 30 heavy (non-hydrogen) atoms. The van der Waals surface area contributed by atoms with Gasteiger partial charge in [-0.15, -0.1) is 0 Å². The number of aromatic nitrogens is 4. The molecule has 10 heteroatoms. The van der Waals surface area contributed by atoms with Crippen molar-refractivity contribution in [1.82, 2.24) is 19.9 Å². The number of hydrogen-bond acceptors (Lipinski definition) is 8. The molecule has 0 saturated carbocycles. The summed E-state index contributed by atoms with van der Waals surface area (Å²) in [4.78, 5) is 16.7. The molecule has 0 unspecified atom stereocenters. The minimum Gasteiger partial charge on any atom is -0.759 e. The first-order valence-electron chi connectivity index (χ1n) is 8.25. The molecule has 0 amide bonds. The van der Waals surface area contributed by atoms with Crippen LogP contribution in [0.25, 0.3) is 22.8 Å². The number of nitrogens with zero attached hydrogens (tertiary/aromatic N) is 4. The van der Waals surface area contributed by atoms with Crippen molar-refractivity contribution in [2.24, 2.45) is 0 Å². The summed E-state index contributed by atoms with van der Waals surface area (Å²) in [6, 6.07) is 23.2. The molecule has 4 aromatic heterocycles. The zero-order valence-corrected chi connectivity index (χ0v) is 17.1. The summed E-state index contributed by atoms with van der Waals surface area (Å²) >= 11 is 0. The largest absolute Gasteiger partial charge is 2.00 e. The molecule has 8 nitrogen and oxygen atoms in total. The van der Waals surface area contributed by atoms with Gasteiger partial charge in [-0.25, -0.2) is 0 Å². The van der Waals surface area contributed by atoms with Gasteiger partial charge in [0, 0.05) is 35.2 Å². The smallest absolute Gasteiger partial charge is 0.759 e. The van der Waals surface area contributed by atoms with E-state index in [1.165, 1.54) is 0 Å². The molecule has 0 bridgehead atoms. The Morgan fingerprint density at radius 1 is 0.500 bits per heavy atom. The molecule has 157 valence electrons. The normalized spacial score (nSPS) is 9.67. The maximum absolute atomic E-state index is 8.52. The van der Waals surface area contributed by atoms with E-state index in [0.717, 1.165) is 22.8 Å². The Hall–Kier alpha value is -3.01. The molecule has 0 fully saturated rings. The van der Waals surface area contributed by atoms with E-state index in [0.29, 0.717) is 0 Å². The molecule has 0 aliphatic heterocycles. The number of pyridine rings is 4. The summed E-state index contributed by atoms with van der Waals surface area (Å²) in [6.07, 6.45) is 7.07. The average molecular weight is 472 g/mol. The first kappa shape index (κ1) is 25.0. The molecule has 0 atom stereocenters. The van der Waals surface area contributed by atoms with Gasteiger partial charge in [-0.05, 0) is 48.5 Å². The van der Waals surface area contributed by atoms with Crippen LogP contribution in [0.4, 0.5) is 0 Å². The van der Waals surface area contributed by atoms with Crippen LogP contribution in [0, 0.1) is 0 Å². The first-order valence-corrected chi connectivity index (χ1v) is 9.58. The second kappa shape index (κ2) is 13.3. The van der Waals surface area contributed by atoms with Gasteiger partial charge in [0.1, 0.15) is 0 Å². The van der Waals surface area contributed by atoms with Crippen LogP contribution in [0.15, 0.2) is 97.6 Å². The van der Waals surface area contributed by atoms with E-state index in [1.807, 2.05) is 72.8 Å². The standard InChI is InChI=1S/2C10H8N2.Cu.H2O4S/c2*1-3-7-11-9(5-1)10-6-2-4-8-12-10;;1-5(2,3)4/h2*1-8H;;(H2,1,2,3,4)/q;;+2;/p-2. The van der Waals surface area contributed by atoms with Gasteiger partial charge in [-0.2, -0.15) is 0 Å². The monoisotopic (exact) mass is 471 g/mol. The molecule has 0 aliphatic rings. The Morgan fingerprint density at radius 2 is 0.700 bits per heavy atom. The molecule has 0 spiro atoms. The fourth-order valence-electron chi connectivity index (χ4n) is 2.06.